The lowest BCUT2D eigenvalue weighted by Crippen LogP contribution is -2.10. The second kappa shape index (κ2) is 6.09. The van der Waals surface area contributed by atoms with Crippen molar-refractivity contribution in [2.75, 3.05) is 5.32 Å². The highest BCUT2D eigenvalue weighted by Crippen LogP contribution is 2.31. The van der Waals surface area contributed by atoms with Gasteiger partial charge in [-0.25, -0.2) is 13.8 Å². The van der Waals surface area contributed by atoms with E-state index in [0.717, 1.165) is 23.4 Å². The molecule has 106 valence electrons. The van der Waals surface area contributed by atoms with Crippen LogP contribution in [-0.2, 0) is 4.79 Å². The maximum absolute atomic E-state index is 13.2. The van der Waals surface area contributed by atoms with Gasteiger partial charge in [-0.15, -0.1) is 11.3 Å². The Labute approximate surface area is 119 Å². The number of amides is 1. The molecule has 1 aromatic carbocycles. The third kappa shape index (κ3) is 3.19. The highest BCUT2D eigenvalue weighted by Gasteiger charge is 2.13. The SMILES string of the molecule is CCCC(=O)Nc1nc(-c2ccc(F)c(F)c2)c(C)s1. The molecule has 0 atom stereocenters. The second-order valence-electron chi connectivity index (χ2n) is 4.35. The number of carbonyl (C=O) groups excluding carboxylic acids is 1. The Morgan fingerprint density at radius 2 is 2.10 bits per heavy atom. The third-order valence-electron chi connectivity index (χ3n) is 2.71. The van der Waals surface area contributed by atoms with Crippen LogP contribution >= 0.6 is 11.3 Å². The third-order valence-corrected chi connectivity index (χ3v) is 3.60. The Balaban J connectivity index is 2.27. The van der Waals surface area contributed by atoms with Crippen molar-refractivity contribution < 1.29 is 13.6 Å². The Bertz CT molecular complexity index is 640. The van der Waals surface area contributed by atoms with Gasteiger partial charge < -0.3 is 5.32 Å². The Morgan fingerprint density at radius 3 is 2.75 bits per heavy atom. The van der Waals surface area contributed by atoms with Gasteiger partial charge in [-0.3, -0.25) is 4.79 Å². The van der Waals surface area contributed by atoms with E-state index >= 15 is 0 Å². The Kier molecular flexibility index (Phi) is 4.44. The molecule has 1 heterocycles. The minimum absolute atomic E-state index is 0.0990. The molecule has 0 aliphatic heterocycles. The molecule has 0 saturated heterocycles. The summed E-state index contributed by atoms with van der Waals surface area (Å²) in [5.74, 6) is -1.90. The minimum atomic E-state index is -0.911. The van der Waals surface area contributed by atoms with Gasteiger partial charge in [-0.1, -0.05) is 6.92 Å². The number of hydrogen-bond donors (Lipinski definition) is 1. The van der Waals surface area contributed by atoms with E-state index < -0.39 is 11.6 Å². The van der Waals surface area contributed by atoms with Crippen molar-refractivity contribution in [1.82, 2.24) is 4.98 Å². The van der Waals surface area contributed by atoms with E-state index in [1.165, 1.54) is 17.4 Å². The maximum Gasteiger partial charge on any atom is 0.226 e. The lowest BCUT2D eigenvalue weighted by Gasteiger charge is -2.00. The van der Waals surface area contributed by atoms with Crippen LogP contribution in [0.3, 0.4) is 0 Å². The summed E-state index contributed by atoms with van der Waals surface area (Å²) in [6.45, 7) is 3.74. The molecule has 0 bridgehead atoms. The van der Waals surface area contributed by atoms with Gasteiger partial charge in [0.25, 0.3) is 0 Å². The number of rotatable bonds is 4. The number of hydrogen-bond acceptors (Lipinski definition) is 3. The van der Waals surface area contributed by atoms with E-state index in [4.69, 9.17) is 0 Å². The van der Waals surface area contributed by atoms with Crippen LogP contribution in [-0.4, -0.2) is 10.9 Å². The molecule has 0 aliphatic carbocycles. The summed E-state index contributed by atoms with van der Waals surface area (Å²) in [6.07, 6.45) is 1.19. The van der Waals surface area contributed by atoms with E-state index in [9.17, 15) is 13.6 Å². The average molecular weight is 296 g/mol. The topological polar surface area (TPSA) is 42.0 Å². The second-order valence-corrected chi connectivity index (χ2v) is 5.55. The predicted octanol–water partition coefficient (Wildman–Crippen LogP) is 4.14. The average Bonchev–Trinajstić information content (AvgIpc) is 2.74. The lowest BCUT2D eigenvalue weighted by molar-refractivity contribution is -0.116. The number of anilines is 1. The fourth-order valence-electron chi connectivity index (χ4n) is 1.77. The molecule has 0 saturated carbocycles. The first-order valence-electron chi connectivity index (χ1n) is 6.24. The van der Waals surface area contributed by atoms with Crippen molar-refractivity contribution >= 4 is 22.4 Å². The number of aryl methyl sites for hydroxylation is 1. The summed E-state index contributed by atoms with van der Waals surface area (Å²) in [5.41, 5.74) is 1.05. The van der Waals surface area contributed by atoms with Gasteiger partial charge in [-0.2, -0.15) is 0 Å². The summed E-state index contributed by atoms with van der Waals surface area (Å²) in [4.78, 5) is 16.6. The van der Waals surface area contributed by atoms with E-state index in [2.05, 4.69) is 10.3 Å². The van der Waals surface area contributed by atoms with Crippen molar-refractivity contribution in [3.05, 3.63) is 34.7 Å². The van der Waals surface area contributed by atoms with Gasteiger partial charge in [0, 0.05) is 16.9 Å². The van der Waals surface area contributed by atoms with Crippen molar-refractivity contribution in [2.45, 2.75) is 26.7 Å². The van der Waals surface area contributed by atoms with Crippen molar-refractivity contribution in [3.8, 4) is 11.3 Å². The van der Waals surface area contributed by atoms with Crippen LogP contribution in [0.5, 0.6) is 0 Å². The molecule has 3 nitrogen and oxygen atoms in total. The number of thiazole rings is 1. The Morgan fingerprint density at radius 1 is 1.35 bits per heavy atom. The summed E-state index contributed by atoms with van der Waals surface area (Å²) in [5, 5.41) is 3.17. The summed E-state index contributed by atoms with van der Waals surface area (Å²) < 4.78 is 26.2. The largest absolute Gasteiger partial charge is 0.302 e. The lowest BCUT2D eigenvalue weighted by atomic mass is 10.1. The van der Waals surface area contributed by atoms with E-state index in [-0.39, 0.29) is 5.91 Å². The van der Waals surface area contributed by atoms with Crippen LogP contribution < -0.4 is 5.32 Å². The molecular weight excluding hydrogens is 282 g/mol. The minimum Gasteiger partial charge on any atom is -0.302 e. The molecule has 1 N–H and O–H groups in total. The zero-order chi connectivity index (χ0) is 14.7. The fraction of sp³-hybridized carbons (Fsp3) is 0.286. The zero-order valence-electron chi connectivity index (χ0n) is 11.2. The monoisotopic (exact) mass is 296 g/mol. The molecular formula is C14H14F2N2OS. The highest BCUT2D eigenvalue weighted by atomic mass is 32.1. The molecule has 0 radical (unpaired) electrons. The number of benzene rings is 1. The predicted molar refractivity (Wildman–Crippen MR) is 75.7 cm³/mol. The fourth-order valence-corrected chi connectivity index (χ4v) is 2.62. The smallest absolute Gasteiger partial charge is 0.226 e. The molecule has 0 unspecified atom stereocenters. The van der Waals surface area contributed by atoms with E-state index in [0.29, 0.717) is 22.8 Å². The van der Waals surface area contributed by atoms with E-state index in [1.54, 1.807) is 0 Å². The van der Waals surface area contributed by atoms with Crippen LogP contribution in [0.2, 0.25) is 0 Å². The van der Waals surface area contributed by atoms with Crippen molar-refractivity contribution in [3.63, 3.8) is 0 Å². The molecule has 0 spiro atoms. The first kappa shape index (κ1) is 14.6. The molecule has 2 rings (SSSR count). The highest BCUT2D eigenvalue weighted by molar-refractivity contribution is 7.16. The van der Waals surface area contributed by atoms with Gasteiger partial charge in [0.15, 0.2) is 16.8 Å². The number of halogens is 2. The van der Waals surface area contributed by atoms with Gasteiger partial charge >= 0.3 is 0 Å². The number of carbonyl (C=O) groups is 1. The van der Waals surface area contributed by atoms with Crippen LogP contribution in [0.1, 0.15) is 24.6 Å². The molecule has 1 aromatic heterocycles. The standard InChI is InChI=1S/C14H14F2N2OS/c1-3-4-12(19)17-14-18-13(8(2)20-14)9-5-6-10(15)11(16)7-9/h5-7H,3-4H2,1-2H3,(H,17,18,19). The van der Waals surface area contributed by atoms with Crippen molar-refractivity contribution in [2.24, 2.45) is 0 Å². The summed E-state index contributed by atoms with van der Waals surface area (Å²) >= 11 is 1.31. The molecule has 2 aromatic rings. The van der Waals surface area contributed by atoms with Crippen molar-refractivity contribution in [1.29, 1.82) is 0 Å². The number of aromatic nitrogens is 1. The zero-order valence-corrected chi connectivity index (χ0v) is 12.0. The van der Waals surface area contributed by atoms with Crippen LogP contribution in [0.15, 0.2) is 18.2 Å². The Hall–Kier alpha value is -1.82. The first-order chi connectivity index (χ1) is 9.51. The normalized spacial score (nSPS) is 10.6. The van der Waals surface area contributed by atoms with E-state index in [1.807, 2.05) is 13.8 Å². The number of nitrogens with one attached hydrogen (secondary N) is 1. The van der Waals surface area contributed by atoms with Crippen LogP contribution in [0.25, 0.3) is 11.3 Å². The van der Waals surface area contributed by atoms with Crippen LogP contribution in [0.4, 0.5) is 13.9 Å². The number of nitrogens with zero attached hydrogens (tertiary/aromatic N) is 1. The molecule has 6 heteroatoms. The van der Waals surface area contributed by atoms with Gasteiger partial charge in [0.2, 0.25) is 5.91 Å². The summed E-state index contributed by atoms with van der Waals surface area (Å²) in [7, 11) is 0. The van der Waals surface area contributed by atoms with Gasteiger partial charge in [-0.05, 0) is 31.5 Å². The molecule has 0 fully saturated rings. The molecule has 0 aliphatic rings. The summed E-state index contributed by atoms with van der Waals surface area (Å²) in [6, 6.07) is 3.64. The molecule has 20 heavy (non-hydrogen) atoms. The van der Waals surface area contributed by atoms with Gasteiger partial charge in [0.05, 0.1) is 5.69 Å². The van der Waals surface area contributed by atoms with Crippen LogP contribution in [0, 0.1) is 18.6 Å². The molecule has 1 amide bonds. The first-order valence-corrected chi connectivity index (χ1v) is 7.05. The van der Waals surface area contributed by atoms with Gasteiger partial charge in [0.1, 0.15) is 0 Å². The quantitative estimate of drug-likeness (QED) is 0.921. The maximum atomic E-state index is 13.2.